The Bertz CT molecular complexity index is 688. The fourth-order valence-electron chi connectivity index (χ4n) is 3.41. The molecule has 1 aliphatic rings. The minimum absolute atomic E-state index is 0. The first-order valence-corrected chi connectivity index (χ1v) is 9.11. The number of carbonyl (C=O) groups excluding carboxylic acids is 1. The van der Waals surface area contributed by atoms with Crippen LogP contribution in [-0.4, -0.2) is 35.4 Å². The van der Waals surface area contributed by atoms with Crippen molar-refractivity contribution in [1.29, 1.82) is 0 Å². The molecule has 1 amide bonds. The zero-order chi connectivity index (χ0) is 17.6. The number of amides is 1. The molecule has 1 saturated heterocycles. The molecular weight excluding hydrogens is 346 g/mol. The Hall–Kier alpha value is -1.91. The fraction of sp³-hybridized carbons (Fsp3) is 0.429. The molecule has 5 heteroatoms. The lowest BCUT2D eigenvalue weighted by Gasteiger charge is -2.36. The number of hydrogen-bond acceptors (Lipinski definition) is 3. The van der Waals surface area contributed by atoms with Crippen molar-refractivity contribution in [1.82, 2.24) is 15.2 Å². The molecule has 1 aromatic heterocycles. The van der Waals surface area contributed by atoms with Crippen LogP contribution in [-0.2, 0) is 17.6 Å². The monoisotopic (exact) mass is 373 g/mol. The van der Waals surface area contributed by atoms with E-state index in [9.17, 15) is 4.79 Å². The zero-order valence-corrected chi connectivity index (χ0v) is 16.3. The van der Waals surface area contributed by atoms with Crippen LogP contribution < -0.4 is 5.32 Å². The summed E-state index contributed by atoms with van der Waals surface area (Å²) in [5.41, 5.74) is 3.51. The normalized spacial score (nSPS) is 17.0. The van der Waals surface area contributed by atoms with E-state index in [-0.39, 0.29) is 24.4 Å². The lowest BCUT2D eigenvalue weighted by Crippen LogP contribution is -2.49. The van der Waals surface area contributed by atoms with Crippen molar-refractivity contribution in [3.8, 4) is 0 Å². The van der Waals surface area contributed by atoms with Gasteiger partial charge in [-0.1, -0.05) is 44.2 Å². The van der Waals surface area contributed by atoms with Crippen LogP contribution >= 0.6 is 12.4 Å². The second-order valence-electron chi connectivity index (χ2n) is 7.18. The Morgan fingerprint density at radius 3 is 2.62 bits per heavy atom. The van der Waals surface area contributed by atoms with Gasteiger partial charge in [-0.15, -0.1) is 12.4 Å². The van der Waals surface area contributed by atoms with Crippen molar-refractivity contribution in [3.05, 3.63) is 65.5 Å². The molecule has 1 N–H and O–H groups in total. The fourth-order valence-corrected chi connectivity index (χ4v) is 3.41. The molecule has 0 bridgehead atoms. The van der Waals surface area contributed by atoms with Crippen molar-refractivity contribution in [2.24, 2.45) is 5.92 Å². The van der Waals surface area contributed by atoms with Gasteiger partial charge in [-0.3, -0.25) is 9.78 Å². The van der Waals surface area contributed by atoms with Crippen LogP contribution in [0.2, 0.25) is 0 Å². The topological polar surface area (TPSA) is 45.2 Å². The molecule has 3 rings (SSSR count). The van der Waals surface area contributed by atoms with Crippen LogP contribution in [0.4, 0.5) is 0 Å². The maximum absolute atomic E-state index is 12.9. The van der Waals surface area contributed by atoms with E-state index in [1.165, 1.54) is 5.56 Å². The molecule has 2 aromatic rings. The van der Waals surface area contributed by atoms with Gasteiger partial charge in [0.25, 0.3) is 0 Å². The van der Waals surface area contributed by atoms with Gasteiger partial charge in [0.15, 0.2) is 0 Å². The first-order chi connectivity index (χ1) is 12.1. The summed E-state index contributed by atoms with van der Waals surface area (Å²) in [5.74, 6) is 0.834. The molecule has 2 heterocycles. The Labute approximate surface area is 162 Å². The molecule has 0 radical (unpaired) electrons. The molecule has 0 saturated carbocycles. The van der Waals surface area contributed by atoms with Crippen LogP contribution in [0.5, 0.6) is 0 Å². The van der Waals surface area contributed by atoms with Crippen LogP contribution in [0.3, 0.4) is 0 Å². The van der Waals surface area contributed by atoms with Crippen LogP contribution in [0.1, 0.15) is 36.6 Å². The number of pyridine rings is 1. The van der Waals surface area contributed by atoms with Crippen LogP contribution in [0.25, 0.3) is 0 Å². The molecule has 1 aliphatic heterocycles. The van der Waals surface area contributed by atoms with Crippen molar-refractivity contribution in [3.63, 3.8) is 0 Å². The van der Waals surface area contributed by atoms with E-state index in [0.29, 0.717) is 12.3 Å². The maximum atomic E-state index is 12.9. The minimum Gasteiger partial charge on any atom is -0.333 e. The van der Waals surface area contributed by atoms with Gasteiger partial charge in [0.1, 0.15) is 0 Å². The van der Waals surface area contributed by atoms with E-state index in [1.807, 2.05) is 23.2 Å². The van der Waals surface area contributed by atoms with Gasteiger partial charge in [0, 0.05) is 32.0 Å². The third-order valence-corrected chi connectivity index (χ3v) is 4.66. The van der Waals surface area contributed by atoms with Gasteiger partial charge < -0.3 is 10.2 Å². The van der Waals surface area contributed by atoms with Gasteiger partial charge in [-0.05, 0) is 35.1 Å². The summed E-state index contributed by atoms with van der Waals surface area (Å²) in [7, 11) is 0. The number of benzene rings is 1. The predicted molar refractivity (Wildman–Crippen MR) is 107 cm³/mol. The summed E-state index contributed by atoms with van der Waals surface area (Å²) < 4.78 is 0. The summed E-state index contributed by atoms with van der Waals surface area (Å²) in [6, 6.07) is 12.5. The Morgan fingerprint density at radius 2 is 1.96 bits per heavy atom. The van der Waals surface area contributed by atoms with E-state index in [0.717, 1.165) is 37.2 Å². The van der Waals surface area contributed by atoms with E-state index in [2.05, 4.69) is 48.4 Å². The first kappa shape index (κ1) is 20.4. The lowest BCUT2D eigenvalue weighted by atomic mass is 10.00. The second kappa shape index (κ2) is 9.70. The molecule has 140 valence electrons. The summed E-state index contributed by atoms with van der Waals surface area (Å²) in [5, 5.41) is 3.39. The molecule has 26 heavy (non-hydrogen) atoms. The van der Waals surface area contributed by atoms with Gasteiger partial charge in [0.05, 0.1) is 12.5 Å². The maximum Gasteiger partial charge on any atom is 0.227 e. The average Bonchev–Trinajstić information content (AvgIpc) is 2.63. The van der Waals surface area contributed by atoms with Crippen LogP contribution in [0, 0.1) is 5.92 Å². The zero-order valence-electron chi connectivity index (χ0n) is 15.5. The molecule has 1 unspecified atom stereocenters. The van der Waals surface area contributed by atoms with Gasteiger partial charge in [-0.2, -0.15) is 0 Å². The second-order valence-corrected chi connectivity index (χ2v) is 7.18. The van der Waals surface area contributed by atoms with E-state index < -0.39 is 0 Å². The highest BCUT2D eigenvalue weighted by Crippen LogP contribution is 2.22. The molecule has 0 aliphatic carbocycles. The highest BCUT2D eigenvalue weighted by molar-refractivity contribution is 5.85. The lowest BCUT2D eigenvalue weighted by molar-refractivity contribution is -0.133. The molecule has 1 aromatic carbocycles. The third-order valence-electron chi connectivity index (χ3n) is 4.66. The quantitative estimate of drug-likeness (QED) is 0.873. The number of piperazine rings is 1. The van der Waals surface area contributed by atoms with Crippen molar-refractivity contribution < 1.29 is 4.79 Å². The van der Waals surface area contributed by atoms with Gasteiger partial charge in [-0.25, -0.2) is 0 Å². The number of hydrogen-bond donors (Lipinski definition) is 1. The van der Waals surface area contributed by atoms with E-state index >= 15 is 0 Å². The summed E-state index contributed by atoms with van der Waals surface area (Å²) in [4.78, 5) is 19.1. The molecule has 0 spiro atoms. The predicted octanol–water partition coefficient (Wildman–Crippen LogP) is 3.42. The highest BCUT2D eigenvalue weighted by atomic mass is 35.5. The first-order valence-electron chi connectivity index (χ1n) is 9.11. The van der Waals surface area contributed by atoms with Crippen molar-refractivity contribution >= 4 is 18.3 Å². The molecule has 4 nitrogen and oxygen atoms in total. The Kier molecular flexibility index (Phi) is 7.61. The number of nitrogens with one attached hydrogen (secondary N) is 1. The van der Waals surface area contributed by atoms with Gasteiger partial charge >= 0.3 is 0 Å². The minimum atomic E-state index is 0. The Balaban J connectivity index is 0.00000243. The van der Waals surface area contributed by atoms with E-state index in [4.69, 9.17) is 0 Å². The van der Waals surface area contributed by atoms with Crippen LogP contribution in [0.15, 0.2) is 48.8 Å². The number of aromatic nitrogens is 1. The van der Waals surface area contributed by atoms with E-state index in [1.54, 1.807) is 6.20 Å². The molecule has 1 fully saturated rings. The smallest absolute Gasteiger partial charge is 0.227 e. The number of halogens is 1. The molecule has 1 atom stereocenters. The number of carbonyl (C=O) groups is 1. The standard InChI is InChI=1S/C21H27N3O.ClH/c1-16(2)12-17-5-7-18(8-6-17)13-21(25)24-11-10-23-15-20(24)19-4-3-9-22-14-19;/h3-9,14,16,20,23H,10-13,15H2,1-2H3;1H. The Morgan fingerprint density at radius 1 is 1.23 bits per heavy atom. The van der Waals surface area contributed by atoms with Crippen molar-refractivity contribution in [2.75, 3.05) is 19.6 Å². The number of nitrogens with zero attached hydrogens (tertiary/aromatic N) is 2. The summed E-state index contributed by atoms with van der Waals surface area (Å²) in [6.45, 7) is 6.81. The largest absolute Gasteiger partial charge is 0.333 e. The molecular formula is C21H28ClN3O. The summed E-state index contributed by atoms with van der Waals surface area (Å²) >= 11 is 0. The van der Waals surface area contributed by atoms with Crippen molar-refractivity contribution in [2.45, 2.75) is 32.7 Å². The third kappa shape index (κ3) is 5.29. The highest BCUT2D eigenvalue weighted by Gasteiger charge is 2.27. The summed E-state index contributed by atoms with van der Waals surface area (Å²) in [6.07, 6.45) is 5.16. The average molecular weight is 374 g/mol. The SMILES string of the molecule is CC(C)Cc1ccc(CC(=O)N2CCNCC2c2cccnc2)cc1.Cl. The number of rotatable bonds is 5. The van der Waals surface area contributed by atoms with Gasteiger partial charge in [0.2, 0.25) is 5.91 Å².